The second kappa shape index (κ2) is 59.4. The van der Waals surface area contributed by atoms with Crippen LogP contribution in [0.4, 0.5) is 0 Å². The minimum absolute atomic E-state index is 0.00465. The number of carbonyl (C=O) groups excluding carboxylic acids is 19. The molecule has 756 valence electrons. The van der Waals surface area contributed by atoms with Crippen molar-refractivity contribution in [2.24, 2.45) is 58.3 Å². The van der Waals surface area contributed by atoms with E-state index in [0.717, 1.165) is 18.7 Å². The van der Waals surface area contributed by atoms with Crippen LogP contribution < -0.4 is 119 Å². The first-order chi connectivity index (χ1) is 62.3. The molecule has 0 unspecified atom stereocenters. The van der Waals surface area contributed by atoms with Crippen molar-refractivity contribution < 1.29 is 141 Å². The molecule has 0 aromatic heterocycles. The van der Waals surface area contributed by atoms with Gasteiger partial charge in [0.15, 0.2) is 5.96 Å². The summed E-state index contributed by atoms with van der Waals surface area (Å²) in [4.78, 5) is 309. The van der Waals surface area contributed by atoms with E-state index >= 15 is 0 Å². The van der Waals surface area contributed by atoms with E-state index in [0.29, 0.717) is 12.8 Å². The Labute approximate surface area is 773 Å². The maximum atomic E-state index is 14.7. The van der Waals surface area contributed by atoms with Crippen molar-refractivity contribution in [2.45, 2.75) is 302 Å². The van der Waals surface area contributed by atoms with Crippen molar-refractivity contribution in [3.63, 3.8) is 0 Å². The number of rotatable bonds is 63. The summed E-state index contributed by atoms with van der Waals surface area (Å²) >= 11 is 0. The number of aliphatic hydroxyl groups is 2. The summed E-state index contributed by atoms with van der Waals surface area (Å²) in [5, 5.41) is 108. The predicted octanol–water partition coefficient (Wildman–Crippen LogP) is -10.4. The fourth-order valence-corrected chi connectivity index (χ4v) is 13.4. The van der Waals surface area contributed by atoms with Gasteiger partial charge in [0, 0.05) is 19.5 Å². The van der Waals surface area contributed by atoms with Crippen LogP contribution in [-0.4, -0.2) is 319 Å². The number of amides is 19. The van der Waals surface area contributed by atoms with Crippen LogP contribution >= 0.6 is 0 Å². The molecule has 1 saturated heterocycles. The Balaban J connectivity index is 3.49. The minimum atomic E-state index is -2.22. The number of hydrogen-bond acceptors (Lipinski definition) is 28. The Morgan fingerprint density at radius 2 is 0.731 bits per heavy atom. The maximum absolute atomic E-state index is 14.7. The number of aliphatic hydroxyl groups excluding tert-OH is 2. The average molecular weight is 1910 g/mol. The van der Waals surface area contributed by atoms with E-state index in [9.17, 15) is 141 Å². The zero-order valence-electron chi connectivity index (χ0n) is 77.5. The molecule has 1 rings (SSSR count). The SMILES string of the molecule is CC(C)C[C@H](NC(=O)CNC(=O)[C@@H]1CCCN1C(=O)[C@H](CCCNC(=N)N)NC(=O)[C@H](CC(=O)O)NC(=O)[C@@H](NC(=O)[C@H](CC(N)=O)NC(=O)[C@@H](NC(=O)[C@H](CC(=O)O)NC(=O)CNC(=O)[C@@H](NC(=O)[C@@H](NC(=O)[C@H](C)NC(=O)[C@@H](N)CCC(N)=O)[C@@H](C)O)C(C)C)C(C)C)[C@@H](C)O)C(=O)N[C@H](CC(C)C)C(=O)N[C@@H](CC(=O)O)C(=O)N[C@@H](CC(C)C)C(=O)N[C@@H](CCCCN)C(=O)O. The van der Waals surface area contributed by atoms with Crippen molar-refractivity contribution in [1.29, 1.82) is 5.41 Å². The van der Waals surface area contributed by atoms with Crippen LogP contribution in [0.15, 0.2) is 0 Å². The third kappa shape index (κ3) is 44.9. The van der Waals surface area contributed by atoms with Gasteiger partial charge >= 0.3 is 23.9 Å². The zero-order valence-corrected chi connectivity index (χ0v) is 77.5. The maximum Gasteiger partial charge on any atom is 0.326 e. The van der Waals surface area contributed by atoms with Gasteiger partial charge < -0.3 is 155 Å². The highest BCUT2D eigenvalue weighted by Gasteiger charge is 2.43. The molecule has 53 heteroatoms. The van der Waals surface area contributed by atoms with E-state index in [-0.39, 0.29) is 102 Å². The number of guanidine groups is 1. The van der Waals surface area contributed by atoms with Crippen molar-refractivity contribution in [3.05, 3.63) is 0 Å². The number of nitrogens with one attached hydrogen (secondary N) is 18. The van der Waals surface area contributed by atoms with Gasteiger partial charge in [-0.2, -0.15) is 0 Å². The smallest absolute Gasteiger partial charge is 0.326 e. The lowest BCUT2D eigenvalue weighted by atomic mass is 9.99. The second-order valence-corrected chi connectivity index (χ2v) is 34.5. The molecule has 0 saturated carbocycles. The monoisotopic (exact) mass is 1910 g/mol. The van der Waals surface area contributed by atoms with Crippen LogP contribution in [0, 0.1) is 35.0 Å². The number of carboxylic acid groups (broad SMARTS) is 4. The molecule has 19 amide bonds. The first-order valence-corrected chi connectivity index (χ1v) is 43.8. The molecular weight excluding hydrogens is 1770 g/mol. The highest BCUT2D eigenvalue weighted by molar-refractivity contribution is 6.03. The van der Waals surface area contributed by atoms with Gasteiger partial charge in [-0.3, -0.25) is 111 Å². The Kier molecular flexibility index (Phi) is 52.7. The second-order valence-electron chi connectivity index (χ2n) is 34.5. The van der Waals surface area contributed by atoms with Gasteiger partial charge in [-0.25, -0.2) is 4.79 Å². The quantitative estimate of drug-likeness (QED) is 0.0153. The van der Waals surface area contributed by atoms with E-state index in [1.54, 1.807) is 41.5 Å². The summed E-state index contributed by atoms with van der Waals surface area (Å²) in [6.07, 6.45) is -8.35. The number of unbranched alkanes of at least 4 members (excludes halogenated alkanes) is 1. The number of aliphatic carboxylic acids is 4. The summed E-state index contributed by atoms with van der Waals surface area (Å²) in [6, 6.07) is -26.9. The minimum Gasteiger partial charge on any atom is -0.481 e. The van der Waals surface area contributed by atoms with Gasteiger partial charge in [-0.15, -0.1) is 0 Å². The molecular formula is C81H138N24O29. The Hall–Kier alpha value is -13.1. The molecule has 1 heterocycles. The Morgan fingerprint density at radius 1 is 0.373 bits per heavy atom. The fraction of sp³-hybridized carbons (Fsp3) is 0.704. The summed E-state index contributed by atoms with van der Waals surface area (Å²) in [5.41, 5.74) is 27.3. The molecule has 1 aliphatic rings. The molecule has 0 spiro atoms. The molecule has 0 bridgehead atoms. The Morgan fingerprint density at radius 3 is 1.16 bits per heavy atom. The zero-order chi connectivity index (χ0) is 103. The van der Waals surface area contributed by atoms with E-state index in [1.165, 1.54) is 34.6 Å². The number of likely N-dealkylation sites (tertiary alicyclic amines) is 1. The van der Waals surface area contributed by atoms with Crippen LogP contribution in [0.3, 0.4) is 0 Å². The van der Waals surface area contributed by atoms with Crippen molar-refractivity contribution in [1.82, 2.24) is 95.3 Å². The summed E-state index contributed by atoms with van der Waals surface area (Å²) in [5.74, 6) is -30.9. The lowest BCUT2D eigenvalue weighted by Gasteiger charge is -2.30. The average Bonchev–Trinajstić information content (AvgIpc) is 1.72. The fourth-order valence-electron chi connectivity index (χ4n) is 13.4. The van der Waals surface area contributed by atoms with Gasteiger partial charge in [0.05, 0.1) is 57.0 Å². The van der Waals surface area contributed by atoms with E-state index in [1.807, 2.05) is 0 Å². The number of primary amides is 2. The first-order valence-electron chi connectivity index (χ1n) is 43.8. The van der Waals surface area contributed by atoms with Gasteiger partial charge in [0.1, 0.15) is 90.6 Å². The van der Waals surface area contributed by atoms with E-state index < -0.39 is 302 Å². The van der Waals surface area contributed by atoms with Crippen LogP contribution in [-0.2, 0) is 110 Å². The van der Waals surface area contributed by atoms with Gasteiger partial charge in [0.25, 0.3) is 0 Å². The molecule has 0 aliphatic carbocycles. The molecule has 0 aromatic carbocycles. The summed E-state index contributed by atoms with van der Waals surface area (Å²) < 4.78 is 0. The number of carbonyl (C=O) groups is 23. The summed E-state index contributed by atoms with van der Waals surface area (Å²) in [6.45, 7) is 17.1. The number of nitrogens with zero attached hydrogens (tertiary/aromatic N) is 1. The number of hydrogen-bond donors (Lipinski definition) is 29. The lowest BCUT2D eigenvalue weighted by Crippen LogP contribution is -2.62. The lowest BCUT2D eigenvalue weighted by molar-refractivity contribution is -0.144. The van der Waals surface area contributed by atoms with Crippen LogP contribution in [0.1, 0.15) is 193 Å². The molecule has 34 N–H and O–H groups in total. The van der Waals surface area contributed by atoms with Crippen molar-refractivity contribution >= 4 is 142 Å². The van der Waals surface area contributed by atoms with E-state index in [2.05, 4.69) is 90.4 Å². The predicted molar refractivity (Wildman–Crippen MR) is 472 cm³/mol. The third-order valence-electron chi connectivity index (χ3n) is 20.4. The molecule has 134 heavy (non-hydrogen) atoms. The Bertz CT molecular complexity index is 4130. The molecule has 1 fully saturated rings. The van der Waals surface area contributed by atoms with Gasteiger partial charge in [-0.05, 0) is 128 Å². The molecule has 0 aromatic rings. The van der Waals surface area contributed by atoms with Crippen molar-refractivity contribution in [3.8, 4) is 0 Å². The van der Waals surface area contributed by atoms with Gasteiger partial charge in [-0.1, -0.05) is 69.2 Å². The molecule has 53 nitrogen and oxygen atoms in total. The highest BCUT2D eigenvalue weighted by atomic mass is 16.4. The highest BCUT2D eigenvalue weighted by Crippen LogP contribution is 2.22. The van der Waals surface area contributed by atoms with Crippen LogP contribution in [0.5, 0.6) is 0 Å². The van der Waals surface area contributed by atoms with E-state index in [4.69, 9.17) is 34.1 Å². The number of carboxylic acids is 4. The standard InChI is InChI=1S/C81H138N24O29/c1-35(2)26-46(67(120)96-48(28-37(5)6)69(122)98-51(31-59(114)115)71(124)97-47(27-36(3)4)68(121)95-45(80(133)134)18-14-15-23-82)92-56(110)33-89-74(127)53-20-17-25-105(53)79(132)44(19-16-24-88-81(86)87)94-70(123)52(32-60(116)117)100-77(130)63(41(12)106)104-72(125)49(29-55(85)109)99-76(129)62(39(9)10)101-73(126)50(30-58(112)113)93-57(111)34-90-75(128)61(38(7)8)102-78(131)64(42(13)107)103-65(118)40(11)91-66(119)43(83)21-22-54(84)108/h35-53,61-64,106-107H,14-34,82-83H2,1-13H3,(H2,84,108)(H2,85,109)(H,89,127)(H,90,128)(H,91,119)(H,92,110)(H,93,111)(H,94,123)(H,95,121)(H,96,120)(H,97,124)(H,98,122)(H,99,129)(H,100,130)(H,101,126)(H,102,131)(H,103,118)(H,104,125)(H,112,113)(H,114,115)(H,116,117)(H,133,134)(H4,86,87,88)/t40-,41+,42+,43-,44-,45-,46-,47-,48+,49-,50-,51-,52-,53-,61-,62-,63-,64-/m0/s1. The van der Waals surface area contributed by atoms with Crippen LogP contribution in [0.2, 0.25) is 0 Å². The largest absolute Gasteiger partial charge is 0.481 e. The first kappa shape index (κ1) is 119. The van der Waals surface area contributed by atoms with Gasteiger partial charge in [0.2, 0.25) is 112 Å². The number of nitrogens with two attached hydrogens (primary N) is 5. The molecule has 0 radical (unpaired) electrons. The molecule has 18 atom stereocenters. The van der Waals surface area contributed by atoms with Crippen LogP contribution in [0.25, 0.3) is 0 Å². The van der Waals surface area contributed by atoms with Crippen molar-refractivity contribution in [2.75, 3.05) is 32.7 Å². The summed E-state index contributed by atoms with van der Waals surface area (Å²) in [7, 11) is 0. The molecule has 1 aliphatic heterocycles. The topological polar surface area (TPSA) is 876 Å². The third-order valence-corrected chi connectivity index (χ3v) is 20.4. The normalized spacial score (nSPS) is 16.2.